The first kappa shape index (κ1) is 13.0. The average molecular weight is 283 g/mol. The number of methoxy groups -OCH3 is 1. The fourth-order valence-electron chi connectivity index (χ4n) is 0.503. The number of carbonyl (C=O) groups is 1. The lowest BCUT2D eigenvalue weighted by atomic mass is 10.2. The number of hydrogen-bond acceptors (Lipinski definition) is 2. The molecule has 0 spiro atoms. The second-order valence-electron chi connectivity index (χ2n) is 2.28. The van der Waals surface area contributed by atoms with Crippen LogP contribution < -0.4 is 0 Å². The minimum atomic E-state index is -3.87. The van der Waals surface area contributed by atoms with Crippen LogP contribution in [-0.2, 0) is 9.53 Å². The van der Waals surface area contributed by atoms with E-state index in [4.69, 9.17) is 11.6 Å². The molecule has 0 saturated carbocycles. The van der Waals surface area contributed by atoms with E-state index < -0.39 is 28.8 Å². The molecule has 7 heteroatoms. The van der Waals surface area contributed by atoms with Crippen molar-refractivity contribution in [3.05, 3.63) is 0 Å². The summed E-state index contributed by atoms with van der Waals surface area (Å²) in [6, 6.07) is 0. The van der Waals surface area contributed by atoms with Gasteiger partial charge in [0.15, 0.2) is 0 Å². The van der Waals surface area contributed by atoms with Crippen molar-refractivity contribution in [1.29, 1.82) is 0 Å². The summed E-state index contributed by atoms with van der Waals surface area (Å²) in [5, 5.41) is -3.28. The van der Waals surface area contributed by atoms with Crippen molar-refractivity contribution in [3.63, 3.8) is 0 Å². The number of carbonyl (C=O) groups excluding carboxylic acids is 1. The van der Waals surface area contributed by atoms with Crippen LogP contribution >= 0.6 is 27.5 Å². The molecule has 0 aromatic rings. The minimum absolute atomic E-state index is 0.502. The van der Waals surface area contributed by atoms with Gasteiger partial charge in [-0.05, 0) is 15.9 Å². The van der Waals surface area contributed by atoms with E-state index in [1.165, 1.54) is 0 Å². The molecule has 0 N–H and O–H groups in total. The summed E-state index contributed by atoms with van der Waals surface area (Å²) in [6.45, 7) is 0. The lowest BCUT2D eigenvalue weighted by Gasteiger charge is -2.22. The van der Waals surface area contributed by atoms with Crippen LogP contribution in [0, 0.1) is 0 Å². The smallest absolute Gasteiger partial charge is 0.348 e. The Hall–Kier alpha value is 0.0300. The summed E-state index contributed by atoms with van der Waals surface area (Å²) in [4.78, 5) is 6.61. The Morgan fingerprint density at radius 1 is 1.54 bits per heavy atom. The highest BCUT2D eigenvalue weighted by Crippen LogP contribution is 2.44. The SMILES string of the molecule is COC(=O)CC[C@@](F)(Cl)C(F)(F)Br. The van der Waals surface area contributed by atoms with Gasteiger partial charge in [-0.1, -0.05) is 11.6 Å². The van der Waals surface area contributed by atoms with Gasteiger partial charge in [-0.25, -0.2) is 4.39 Å². The third-order valence-electron chi connectivity index (χ3n) is 1.29. The molecule has 0 aromatic carbocycles. The van der Waals surface area contributed by atoms with Crippen molar-refractivity contribution in [2.45, 2.75) is 22.8 Å². The largest absolute Gasteiger partial charge is 0.469 e. The Kier molecular flexibility index (Phi) is 4.51. The quantitative estimate of drug-likeness (QED) is 0.586. The van der Waals surface area contributed by atoms with E-state index in [1.807, 2.05) is 0 Å². The van der Waals surface area contributed by atoms with Crippen molar-refractivity contribution in [2.24, 2.45) is 0 Å². The standard InChI is InChI=1S/C6H7BrClF3O2/c1-13-4(12)2-3-5(8,9)6(7,10)11/h2-3H2,1H3/t5-/m0/s1. The first-order valence-corrected chi connectivity index (χ1v) is 4.39. The summed E-state index contributed by atoms with van der Waals surface area (Å²) < 4.78 is 41.6. The fourth-order valence-corrected chi connectivity index (χ4v) is 0.796. The summed E-state index contributed by atoms with van der Waals surface area (Å²) in [5.41, 5.74) is 0. The number of esters is 1. The monoisotopic (exact) mass is 282 g/mol. The minimum Gasteiger partial charge on any atom is -0.469 e. The van der Waals surface area contributed by atoms with Crippen molar-refractivity contribution in [2.75, 3.05) is 7.11 Å². The van der Waals surface area contributed by atoms with Crippen molar-refractivity contribution in [3.8, 4) is 0 Å². The number of hydrogen-bond donors (Lipinski definition) is 0. The van der Waals surface area contributed by atoms with Gasteiger partial charge in [-0.2, -0.15) is 8.78 Å². The zero-order chi connectivity index (χ0) is 10.7. The lowest BCUT2D eigenvalue weighted by Crippen LogP contribution is -2.34. The van der Waals surface area contributed by atoms with E-state index in [1.54, 1.807) is 15.9 Å². The molecule has 78 valence electrons. The molecule has 0 heterocycles. The van der Waals surface area contributed by atoms with E-state index in [0.29, 0.717) is 0 Å². The molecule has 0 aromatic heterocycles. The van der Waals surface area contributed by atoms with Crippen molar-refractivity contribution >= 4 is 33.5 Å². The predicted molar refractivity (Wildman–Crippen MR) is 44.8 cm³/mol. The first-order valence-electron chi connectivity index (χ1n) is 3.22. The summed E-state index contributed by atoms with van der Waals surface area (Å²) >= 11 is 6.62. The van der Waals surface area contributed by atoms with Crippen LogP contribution in [0.15, 0.2) is 0 Å². The Balaban J connectivity index is 4.12. The second-order valence-corrected chi connectivity index (χ2v) is 3.87. The molecular formula is C6H7BrClF3O2. The maximum Gasteiger partial charge on any atom is 0.348 e. The van der Waals surface area contributed by atoms with E-state index in [0.717, 1.165) is 7.11 Å². The molecule has 0 radical (unpaired) electrons. The van der Waals surface area contributed by atoms with Crippen LogP contribution in [0.3, 0.4) is 0 Å². The maximum atomic E-state index is 12.9. The Morgan fingerprint density at radius 2 is 2.00 bits per heavy atom. The molecule has 0 unspecified atom stereocenters. The Morgan fingerprint density at radius 3 is 2.31 bits per heavy atom. The molecular weight excluding hydrogens is 276 g/mol. The number of ether oxygens (including phenoxy) is 1. The summed E-state index contributed by atoms with van der Waals surface area (Å²) in [5.74, 6) is -0.792. The van der Waals surface area contributed by atoms with Crippen LogP contribution in [-0.4, -0.2) is 23.0 Å². The van der Waals surface area contributed by atoms with E-state index in [-0.39, 0.29) is 0 Å². The highest BCUT2D eigenvalue weighted by Gasteiger charge is 2.51. The molecule has 0 bridgehead atoms. The fraction of sp³-hybridized carbons (Fsp3) is 0.833. The van der Waals surface area contributed by atoms with Gasteiger partial charge in [-0.15, -0.1) is 0 Å². The topological polar surface area (TPSA) is 26.3 Å². The van der Waals surface area contributed by atoms with Gasteiger partial charge in [0.05, 0.1) is 13.5 Å². The van der Waals surface area contributed by atoms with Gasteiger partial charge >= 0.3 is 10.8 Å². The number of halogens is 5. The van der Waals surface area contributed by atoms with E-state index in [9.17, 15) is 18.0 Å². The van der Waals surface area contributed by atoms with Gasteiger partial charge in [0.25, 0.3) is 5.13 Å². The zero-order valence-corrected chi connectivity index (χ0v) is 8.96. The molecule has 0 rings (SSSR count). The van der Waals surface area contributed by atoms with Gasteiger partial charge in [-0.3, -0.25) is 4.79 Å². The van der Waals surface area contributed by atoms with Gasteiger partial charge < -0.3 is 4.74 Å². The van der Waals surface area contributed by atoms with Crippen LogP contribution in [0.25, 0.3) is 0 Å². The maximum absolute atomic E-state index is 12.9. The van der Waals surface area contributed by atoms with Gasteiger partial charge in [0, 0.05) is 6.42 Å². The predicted octanol–water partition coefficient (Wildman–Crippen LogP) is 2.83. The summed E-state index contributed by atoms with van der Waals surface area (Å²) in [7, 11) is 1.07. The van der Waals surface area contributed by atoms with Crippen LogP contribution in [0.4, 0.5) is 13.2 Å². The third-order valence-corrected chi connectivity index (χ3v) is 2.57. The molecule has 13 heavy (non-hydrogen) atoms. The molecule has 0 aliphatic carbocycles. The van der Waals surface area contributed by atoms with Crippen molar-refractivity contribution < 1.29 is 22.7 Å². The van der Waals surface area contributed by atoms with Crippen LogP contribution in [0.2, 0.25) is 0 Å². The highest BCUT2D eigenvalue weighted by atomic mass is 79.9. The van der Waals surface area contributed by atoms with Crippen LogP contribution in [0.5, 0.6) is 0 Å². The first-order chi connectivity index (χ1) is 5.70. The van der Waals surface area contributed by atoms with E-state index in [2.05, 4.69) is 4.74 Å². The molecule has 0 amide bonds. The lowest BCUT2D eigenvalue weighted by molar-refractivity contribution is -0.141. The highest BCUT2D eigenvalue weighted by molar-refractivity contribution is 9.10. The molecule has 0 fully saturated rings. The third kappa shape index (κ3) is 4.17. The van der Waals surface area contributed by atoms with Gasteiger partial charge in [0.1, 0.15) is 0 Å². The zero-order valence-electron chi connectivity index (χ0n) is 6.62. The number of alkyl halides is 5. The average Bonchev–Trinajstić information content (AvgIpc) is 1.98. The normalized spacial score (nSPS) is 16.5. The second kappa shape index (κ2) is 4.50. The summed E-state index contributed by atoms with van der Waals surface area (Å²) in [6.07, 6.45) is -1.32. The Labute approximate surface area is 86.5 Å². The number of rotatable bonds is 4. The van der Waals surface area contributed by atoms with Crippen LogP contribution in [0.1, 0.15) is 12.8 Å². The molecule has 0 aliphatic heterocycles. The molecule has 0 aliphatic rings. The van der Waals surface area contributed by atoms with Gasteiger partial charge in [0.2, 0.25) is 0 Å². The molecule has 0 saturated heterocycles. The Bertz CT molecular complexity index is 193. The molecule has 1 atom stereocenters. The van der Waals surface area contributed by atoms with Crippen molar-refractivity contribution in [1.82, 2.24) is 0 Å². The van der Waals surface area contributed by atoms with E-state index >= 15 is 0 Å². The molecule has 2 nitrogen and oxygen atoms in total.